The van der Waals surface area contributed by atoms with Gasteiger partial charge in [0.15, 0.2) is 0 Å². The number of nitrogens with zero attached hydrogens (tertiary/aromatic N) is 2. The zero-order chi connectivity index (χ0) is 12.5. The predicted octanol–water partition coefficient (Wildman–Crippen LogP) is 1.30. The van der Waals surface area contributed by atoms with Gasteiger partial charge in [0.1, 0.15) is 18.0 Å². The average Bonchev–Trinajstić information content (AvgIpc) is 2.35. The van der Waals surface area contributed by atoms with Crippen molar-refractivity contribution in [2.24, 2.45) is 5.84 Å². The molecule has 0 aliphatic carbocycles. The molecule has 6 heteroatoms. The van der Waals surface area contributed by atoms with Crippen LogP contribution in [0, 0.1) is 6.92 Å². The molecule has 0 saturated heterocycles. The lowest BCUT2D eigenvalue weighted by Gasteiger charge is -2.10. The normalized spacial score (nSPS) is 10.3. The Hall–Kier alpha value is -1.40. The molecule has 0 spiro atoms. The fourth-order valence-electron chi connectivity index (χ4n) is 1.36. The van der Waals surface area contributed by atoms with Crippen molar-refractivity contribution in [3.8, 4) is 0 Å². The second kappa shape index (κ2) is 7.81. The van der Waals surface area contributed by atoms with Crippen molar-refractivity contribution in [2.75, 3.05) is 30.5 Å². The van der Waals surface area contributed by atoms with E-state index in [2.05, 4.69) is 27.6 Å². The molecular weight excluding hydrogens is 218 g/mol. The average molecular weight is 239 g/mol. The van der Waals surface area contributed by atoms with Crippen molar-refractivity contribution in [1.82, 2.24) is 9.97 Å². The lowest BCUT2D eigenvalue weighted by molar-refractivity contribution is 0.141. The van der Waals surface area contributed by atoms with E-state index in [0.717, 1.165) is 37.4 Å². The van der Waals surface area contributed by atoms with Crippen LogP contribution in [0.1, 0.15) is 25.3 Å². The van der Waals surface area contributed by atoms with Crippen molar-refractivity contribution < 1.29 is 4.74 Å². The van der Waals surface area contributed by atoms with Gasteiger partial charge in [-0.2, -0.15) is 0 Å². The number of ether oxygens (including phenoxy) is 1. The van der Waals surface area contributed by atoms with Gasteiger partial charge in [-0.25, -0.2) is 15.8 Å². The summed E-state index contributed by atoms with van der Waals surface area (Å²) < 4.78 is 5.45. The number of nitrogens with two attached hydrogens (primary N) is 1. The van der Waals surface area contributed by atoms with Gasteiger partial charge >= 0.3 is 0 Å². The Morgan fingerprint density at radius 1 is 1.29 bits per heavy atom. The number of anilines is 2. The molecule has 0 amide bonds. The van der Waals surface area contributed by atoms with Crippen LogP contribution in [0.4, 0.5) is 11.6 Å². The van der Waals surface area contributed by atoms with Crippen molar-refractivity contribution in [1.29, 1.82) is 0 Å². The molecule has 1 heterocycles. The molecule has 6 nitrogen and oxygen atoms in total. The van der Waals surface area contributed by atoms with Crippen LogP contribution < -0.4 is 16.6 Å². The maximum Gasteiger partial charge on any atom is 0.148 e. The number of nitrogen functional groups attached to an aromatic ring is 1. The number of aromatic nitrogens is 2. The number of hydrogen-bond donors (Lipinski definition) is 3. The third-order valence-corrected chi connectivity index (χ3v) is 2.40. The first-order chi connectivity index (χ1) is 8.29. The fourth-order valence-corrected chi connectivity index (χ4v) is 1.36. The highest BCUT2D eigenvalue weighted by Crippen LogP contribution is 2.16. The first kappa shape index (κ1) is 13.7. The van der Waals surface area contributed by atoms with Gasteiger partial charge in [-0.15, -0.1) is 0 Å². The number of hydrazine groups is 1. The van der Waals surface area contributed by atoms with Crippen LogP contribution in [0.5, 0.6) is 0 Å². The summed E-state index contributed by atoms with van der Waals surface area (Å²) in [6, 6.07) is 0. The monoisotopic (exact) mass is 239 g/mol. The van der Waals surface area contributed by atoms with Crippen molar-refractivity contribution in [2.45, 2.75) is 26.7 Å². The summed E-state index contributed by atoms with van der Waals surface area (Å²) in [5.74, 6) is 6.75. The molecule has 0 saturated carbocycles. The molecule has 1 aromatic heterocycles. The molecule has 0 aliphatic rings. The summed E-state index contributed by atoms with van der Waals surface area (Å²) in [5, 5.41) is 3.19. The highest BCUT2D eigenvalue weighted by atomic mass is 16.5. The summed E-state index contributed by atoms with van der Waals surface area (Å²) in [7, 11) is 0. The van der Waals surface area contributed by atoms with Crippen molar-refractivity contribution >= 4 is 11.6 Å². The lowest BCUT2D eigenvalue weighted by atomic mass is 10.3. The van der Waals surface area contributed by atoms with E-state index < -0.39 is 0 Å². The van der Waals surface area contributed by atoms with Crippen LogP contribution in [0.3, 0.4) is 0 Å². The van der Waals surface area contributed by atoms with E-state index >= 15 is 0 Å². The molecule has 0 aromatic carbocycles. The predicted molar refractivity (Wildman–Crippen MR) is 68.8 cm³/mol. The van der Waals surface area contributed by atoms with Gasteiger partial charge in [-0.05, 0) is 13.3 Å². The smallest absolute Gasteiger partial charge is 0.148 e. The second-order valence-electron chi connectivity index (χ2n) is 3.73. The molecule has 0 fully saturated rings. The summed E-state index contributed by atoms with van der Waals surface area (Å²) in [6.07, 6.45) is 3.74. The summed E-state index contributed by atoms with van der Waals surface area (Å²) in [6.45, 7) is 6.28. The van der Waals surface area contributed by atoms with E-state index in [1.165, 1.54) is 6.33 Å². The minimum Gasteiger partial charge on any atom is -0.380 e. The zero-order valence-electron chi connectivity index (χ0n) is 10.5. The van der Waals surface area contributed by atoms with Crippen LogP contribution in [0.15, 0.2) is 6.33 Å². The molecule has 0 atom stereocenters. The largest absolute Gasteiger partial charge is 0.380 e. The highest BCUT2D eigenvalue weighted by Gasteiger charge is 2.04. The quantitative estimate of drug-likeness (QED) is 0.360. The number of hydrogen-bond acceptors (Lipinski definition) is 6. The van der Waals surface area contributed by atoms with Crippen molar-refractivity contribution in [3.05, 3.63) is 11.9 Å². The molecule has 1 rings (SSSR count). The third-order valence-electron chi connectivity index (χ3n) is 2.40. The van der Waals surface area contributed by atoms with E-state index in [4.69, 9.17) is 10.6 Å². The summed E-state index contributed by atoms with van der Waals surface area (Å²) in [4.78, 5) is 8.16. The second-order valence-corrected chi connectivity index (χ2v) is 3.73. The SMILES string of the molecule is CCCCOCCNc1ncnc(NN)c1C. The maximum absolute atomic E-state index is 5.45. The summed E-state index contributed by atoms with van der Waals surface area (Å²) in [5.41, 5.74) is 3.44. The van der Waals surface area contributed by atoms with E-state index in [-0.39, 0.29) is 0 Å². The minimum absolute atomic E-state index is 0.634. The van der Waals surface area contributed by atoms with Gasteiger partial charge < -0.3 is 15.5 Å². The molecule has 0 aliphatic heterocycles. The van der Waals surface area contributed by atoms with Gasteiger partial charge in [0.2, 0.25) is 0 Å². The van der Waals surface area contributed by atoms with Crippen LogP contribution >= 0.6 is 0 Å². The molecule has 4 N–H and O–H groups in total. The zero-order valence-corrected chi connectivity index (χ0v) is 10.5. The van der Waals surface area contributed by atoms with Crippen molar-refractivity contribution in [3.63, 3.8) is 0 Å². The lowest BCUT2D eigenvalue weighted by Crippen LogP contribution is -2.15. The molecular formula is C11H21N5O. The Labute approximate surface area is 102 Å². The van der Waals surface area contributed by atoms with Gasteiger partial charge in [-0.3, -0.25) is 0 Å². The topological polar surface area (TPSA) is 85.1 Å². The summed E-state index contributed by atoms with van der Waals surface area (Å²) >= 11 is 0. The minimum atomic E-state index is 0.634. The third kappa shape index (κ3) is 4.54. The van der Waals surface area contributed by atoms with Gasteiger partial charge in [0.05, 0.1) is 6.61 Å². The maximum atomic E-state index is 5.45. The highest BCUT2D eigenvalue weighted by molar-refractivity contribution is 5.55. The Balaban J connectivity index is 2.31. The van der Waals surface area contributed by atoms with Gasteiger partial charge in [0, 0.05) is 18.7 Å². The molecule has 96 valence electrons. The van der Waals surface area contributed by atoms with E-state index in [1.807, 2.05) is 6.92 Å². The number of nitrogens with one attached hydrogen (secondary N) is 2. The molecule has 1 aromatic rings. The Morgan fingerprint density at radius 2 is 2.06 bits per heavy atom. The Kier molecular flexibility index (Phi) is 6.27. The Bertz CT molecular complexity index is 332. The van der Waals surface area contributed by atoms with Gasteiger partial charge in [-0.1, -0.05) is 13.3 Å². The van der Waals surface area contributed by atoms with E-state index in [0.29, 0.717) is 12.4 Å². The van der Waals surface area contributed by atoms with E-state index in [9.17, 15) is 0 Å². The van der Waals surface area contributed by atoms with Crippen LogP contribution in [-0.4, -0.2) is 29.7 Å². The fraction of sp³-hybridized carbons (Fsp3) is 0.636. The Morgan fingerprint density at radius 3 is 2.76 bits per heavy atom. The first-order valence-electron chi connectivity index (χ1n) is 5.89. The van der Waals surface area contributed by atoms with E-state index in [1.54, 1.807) is 0 Å². The first-order valence-corrected chi connectivity index (χ1v) is 5.89. The standard InChI is InChI=1S/C11H21N5O/c1-3-4-6-17-7-5-13-10-9(2)11(16-12)15-8-14-10/h8H,3-7,12H2,1-2H3,(H2,13,14,15,16). The molecule has 0 bridgehead atoms. The number of rotatable bonds is 8. The molecule has 17 heavy (non-hydrogen) atoms. The number of unbranched alkanes of at least 4 members (excludes halogenated alkanes) is 1. The van der Waals surface area contributed by atoms with Gasteiger partial charge in [0.25, 0.3) is 0 Å². The van der Waals surface area contributed by atoms with Crippen LogP contribution in [0.2, 0.25) is 0 Å². The molecule has 0 unspecified atom stereocenters. The van der Waals surface area contributed by atoms with Crippen LogP contribution in [-0.2, 0) is 4.74 Å². The van der Waals surface area contributed by atoms with Crippen LogP contribution in [0.25, 0.3) is 0 Å². The molecule has 0 radical (unpaired) electrons.